The highest BCUT2D eigenvalue weighted by atomic mass is 35.5. The number of likely N-dealkylation sites (tertiary alicyclic amines) is 1. The number of halogens is 1. The number of aliphatic hydroxyl groups excluding tert-OH is 1. The third-order valence-electron chi connectivity index (χ3n) is 8.05. The summed E-state index contributed by atoms with van der Waals surface area (Å²) < 4.78 is 4.80. The lowest BCUT2D eigenvalue weighted by Crippen LogP contribution is -2.53. The van der Waals surface area contributed by atoms with E-state index in [9.17, 15) is 14.4 Å². The molecule has 0 aromatic heterocycles. The Labute approximate surface area is 233 Å². The average Bonchev–Trinajstić information content (AvgIpc) is 3.29. The number of thioether (sulfide) groups is 1. The van der Waals surface area contributed by atoms with Crippen molar-refractivity contribution in [2.45, 2.75) is 61.0 Å². The molecule has 1 unspecified atom stereocenters. The van der Waals surface area contributed by atoms with Crippen molar-refractivity contribution >= 4 is 46.8 Å². The van der Waals surface area contributed by atoms with E-state index in [1.165, 1.54) is 0 Å². The molecular formula is C29H35ClN2O5S. The predicted molar refractivity (Wildman–Crippen MR) is 149 cm³/mol. The summed E-state index contributed by atoms with van der Waals surface area (Å²) in [6, 6.07) is 6.50. The number of ether oxygens (including phenoxy) is 1. The number of fused-ring (bicyclic) bond motifs is 2. The molecule has 1 spiro atoms. The number of carbonyl (C=O) groups excluding carboxylic acids is 3. The Morgan fingerprint density at radius 3 is 2.68 bits per heavy atom. The molecule has 1 N–H and O–H groups in total. The van der Waals surface area contributed by atoms with Crippen LogP contribution in [0, 0.1) is 11.8 Å². The molecule has 2 saturated heterocycles. The number of nitrogens with zero attached hydrogens (tertiary/aromatic N) is 2. The number of para-hydroxylation sites is 1. The van der Waals surface area contributed by atoms with Gasteiger partial charge in [0.05, 0.1) is 33.9 Å². The van der Waals surface area contributed by atoms with E-state index in [-0.39, 0.29) is 29.6 Å². The highest BCUT2D eigenvalue weighted by Crippen LogP contribution is 2.61. The topological polar surface area (TPSA) is 87.2 Å². The first-order valence-corrected chi connectivity index (χ1v) is 14.9. The van der Waals surface area contributed by atoms with Gasteiger partial charge in [-0.1, -0.05) is 60.9 Å². The predicted octanol–water partition coefficient (Wildman–Crippen LogP) is 4.38. The number of hydrogen-bond acceptors (Lipinski definition) is 6. The second-order valence-corrected chi connectivity index (χ2v) is 12.3. The standard InChI is InChI=1S/C29H35ClN2O5S/c30-20-12-6-7-13-21(20)31-17-11-15-29-24(23-22(38-29)14-5-1-4-10-19-37-28(23)36)26(34)32(25(29)27(31)35)16-8-2-3-9-18-33/h5-7,11-15,22-25,33H,1-4,8-10,16-19H2/b14-5-/t22-,23+,24+,25?,29+/m1/s1. The summed E-state index contributed by atoms with van der Waals surface area (Å²) in [7, 11) is 0. The maximum atomic E-state index is 14.4. The molecule has 0 aliphatic carbocycles. The zero-order valence-electron chi connectivity index (χ0n) is 21.5. The first kappa shape index (κ1) is 27.3. The van der Waals surface area contributed by atoms with Crippen LogP contribution in [0.25, 0.3) is 0 Å². The first-order chi connectivity index (χ1) is 18.5. The van der Waals surface area contributed by atoms with Gasteiger partial charge < -0.3 is 19.6 Å². The van der Waals surface area contributed by atoms with Gasteiger partial charge in [-0.2, -0.15) is 0 Å². The Hall–Kier alpha value is -2.29. The molecule has 9 heteroatoms. The fourth-order valence-electron chi connectivity index (χ4n) is 6.29. The van der Waals surface area contributed by atoms with Gasteiger partial charge in [0.1, 0.15) is 6.04 Å². The monoisotopic (exact) mass is 558 g/mol. The van der Waals surface area contributed by atoms with Gasteiger partial charge in [-0.25, -0.2) is 0 Å². The number of carbonyl (C=O) groups is 3. The second kappa shape index (κ2) is 11.8. The number of benzene rings is 1. The minimum Gasteiger partial charge on any atom is -0.465 e. The molecule has 0 saturated carbocycles. The molecular weight excluding hydrogens is 524 g/mol. The van der Waals surface area contributed by atoms with Crippen LogP contribution < -0.4 is 4.90 Å². The Morgan fingerprint density at radius 2 is 1.87 bits per heavy atom. The van der Waals surface area contributed by atoms with Gasteiger partial charge in [-0.05, 0) is 44.2 Å². The first-order valence-electron chi connectivity index (χ1n) is 13.7. The fraction of sp³-hybridized carbons (Fsp3) is 0.552. The summed E-state index contributed by atoms with van der Waals surface area (Å²) in [5, 5.41) is 9.37. The number of anilines is 1. The van der Waals surface area contributed by atoms with E-state index in [0.717, 1.165) is 38.5 Å². The molecule has 4 aliphatic heterocycles. The number of rotatable bonds is 7. The molecule has 1 aromatic carbocycles. The zero-order valence-corrected chi connectivity index (χ0v) is 23.0. The van der Waals surface area contributed by atoms with E-state index < -0.39 is 22.6 Å². The number of aliphatic hydroxyl groups is 1. The quantitative estimate of drug-likeness (QED) is 0.304. The van der Waals surface area contributed by atoms with Gasteiger partial charge in [-0.15, -0.1) is 11.8 Å². The van der Waals surface area contributed by atoms with Crippen molar-refractivity contribution < 1.29 is 24.2 Å². The summed E-state index contributed by atoms with van der Waals surface area (Å²) in [5.74, 6) is -2.00. The number of hydrogen-bond donors (Lipinski definition) is 1. The molecule has 4 heterocycles. The van der Waals surface area contributed by atoms with Crippen LogP contribution in [-0.4, -0.2) is 70.1 Å². The van der Waals surface area contributed by atoms with Gasteiger partial charge in [0.2, 0.25) is 5.91 Å². The highest BCUT2D eigenvalue weighted by molar-refractivity contribution is 8.02. The fourth-order valence-corrected chi connectivity index (χ4v) is 8.53. The molecule has 38 heavy (non-hydrogen) atoms. The summed E-state index contributed by atoms with van der Waals surface area (Å²) in [6.45, 7) is 1.25. The van der Waals surface area contributed by atoms with Crippen molar-refractivity contribution in [3.63, 3.8) is 0 Å². The van der Waals surface area contributed by atoms with Crippen LogP contribution in [0.2, 0.25) is 5.02 Å². The summed E-state index contributed by atoms with van der Waals surface area (Å²) in [5.41, 5.74) is 0.612. The maximum absolute atomic E-state index is 14.4. The second-order valence-electron chi connectivity index (χ2n) is 10.4. The van der Waals surface area contributed by atoms with E-state index in [1.54, 1.807) is 27.6 Å². The van der Waals surface area contributed by atoms with E-state index in [0.29, 0.717) is 36.8 Å². The summed E-state index contributed by atoms with van der Waals surface area (Å²) in [4.78, 5) is 45.4. The Kier molecular flexibility index (Phi) is 8.50. The molecule has 5 atom stereocenters. The van der Waals surface area contributed by atoms with Crippen LogP contribution in [0.15, 0.2) is 48.6 Å². The van der Waals surface area contributed by atoms with Crippen LogP contribution in [0.1, 0.15) is 44.9 Å². The van der Waals surface area contributed by atoms with Gasteiger partial charge in [-0.3, -0.25) is 14.4 Å². The van der Waals surface area contributed by atoms with Crippen LogP contribution in [0.3, 0.4) is 0 Å². The molecule has 0 radical (unpaired) electrons. The van der Waals surface area contributed by atoms with Crippen LogP contribution in [0.4, 0.5) is 5.69 Å². The molecule has 0 bridgehead atoms. The molecule has 5 rings (SSSR count). The lowest BCUT2D eigenvalue weighted by molar-refractivity contribution is -0.153. The van der Waals surface area contributed by atoms with E-state index >= 15 is 0 Å². The van der Waals surface area contributed by atoms with Crippen molar-refractivity contribution in [1.29, 1.82) is 0 Å². The molecule has 2 amide bonds. The summed E-state index contributed by atoms with van der Waals surface area (Å²) >= 11 is 8.08. The number of esters is 1. The van der Waals surface area contributed by atoms with Gasteiger partial charge in [0.25, 0.3) is 5.91 Å². The van der Waals surface area contributed by atoms with E-state index in [1.807, 2.05) is 36.4 Å². The van der Waals surface area contributed by atoms with Gasteiger partial charge in [0, 0.05) is 24.9 Å². The van der Waals surface area contributed by atoms with Crippen molar-refractivity contribution in [3.8, 4) is 0 Å². The number of amides is 2. The van der Waals surface area contributed by atoms with Gasteiger partial charge >= 0.3 is 5.97 Å². The Bertz CT molecular complexity index is 1130. The van der Waals surface area contributed by atoms with Crippen LogP contribution in [0.5, 0.6) is 0 Å². The molecule has 7 nitrogen and oxygen atoms in total. The normalized spacial score (nSPS) is 31.9. The minimum absolute atomic E-state index is 0.141. The van der Waals surface area contributed by atoms with E-state index in [4.69, 9.17) is 21.4 Å². The number of cyclic esters (lactones) is 1. The number of allylic oxidation sites excluding steroid dienone is 1. The highest BCUT2D eigenvalue weighted by Gasteiger charge is 2.70. The Morgan fingerprint density at radius 1 is 1.05 bits per heavy atom. The van der Waals surface area contributed by atoms with Crippen molar-refractivity contribution in [2.75, 3.05) is 31.2 Å². The van der Waals surface area contributed by atoms with E-state index in [2.05, 4.69) is 6.08 Å². The number of unbranched alkanes of at least 4 members (excludes halogenated alkanes) is 3. The molecule has 4 aliphatic rings. The van der Waals surface area contributed by atoms with Gasteiger partial charge in [0.15, 0.2) is 0 Å². The lowest BCUT2D eigenvalue weighted by atomic mass is 9.78. The summed E-state index contributed by atoms with van der Waals surface area (Å²) in [6.07, 6.45) is 13.9. The van der Waals surface area contributed by atoms with Crippen LogP contribution in [-0.2, 0) is 19.1 Å². The smallest absolute Gasteiger partial charge is 0.311 e. The van der Waals surface area contributed by atoms with Crippen LogP contribution >= 0.6 is 23.4 Å². The molecule has 2 fully saturated rings. The maximum Gasteiger partial charge on any atom is 0.311 e. The minimum atomic E-state index is -0.873. The zero-order chi connectivity index (χ0) is 26.7. The van der Waals surface area contributed by atoms with Crippen molar-refractivity contribution in [3.05, 3.63) is 53.6 Å². The molecule has 1 aromatic rings. The largest absolute Gasteiger partial charge is 0.465 e. The Balaban J connectivity index is 1.54. The average molecular weight is 559 g/mol. The third kappa shape index (κ3) is 4.91. The van der Waals surface area contributed by atoms with Crippen molar-refractivity contribution in [1.82, 2.24) is 4.90 Å². The SMILES string of the molecule is O=C1OCCCC/C=C\[C@H]2S[C@]34C=CCN(c5ccccc5Cl)C(=O)C3N(CCCCCCO)C(=O)[C@@H]4[C@@H]12. The molecule has 204 valence electrons. The lowest BCUT2D eigenvalue weighted by Gasteiger charge is -2.35. The third-order valence-corrected chi connectivity index (χ3v) is 10.1. The van der Waals surface area contributed by atoms with Crippen molar-refractivity contribution in [2.24, 2.45) is 11.8 Å².